The van der Waals surface area contributed by atoms with Gasteiger partial charge in [-0.05, 0) is 43.9 Å². The van der Waals surface area contributed by atoms with E-state index in [0.29, 0.717) is 6.10 Å². The maximum atomic E-state index is 6.44. The lowest BCUT2D eigenvalue weighted by Crippen LogP contribution is -2.34. The Morgan fingerprint density at radius 3 is 2.95 bits per heavy atom. The topological polar surface area (TPSA) is 24.5 Å². The number of halogens is 1. The molecule has 1 aliphatic rings. The first-order valence-electron chi connectivity index (χ1n) is 8.03. The van der Waals surface area contributed by atoms with E-state index >= 15 is 0 Å². The first kappa shape index (κ1) is 16.6. The van der Waals surface area contributed by atoms with Crippen LogP contribution >= 0.6 is 11.6 Å². The van der Waals surface area contributed by atoms with Crippen molar-refractivity contribution in [1.29, 1.82) is 0 Å². The molecule has 0 spiro atoms. The maximum Gasteiger partial charge on any atom is 0.0749 e. The Morgan fingerprint density at radius 2 is 2.24 bits per heavy atom. The molecule has 0 amide bonds. The number of nitrogens with one attached hydrogen (secondary N) is 1. The van der Waals surface area contributed by atoms with Crippen molar-refractivity contribution in [2.75, 3.05) is 31.6 Å². The summed E-state index contributed by atoms with van der Waals surface area (Å²) in [7, 11) is 2.11. The van der Waals surface area contributed by atoms with E-state index in [1.165, 1.54) is 18.4 Å². The number of benzene rings is 1. The van der Waals surface area contributed by atoms with Gasteiger partial charge in [-0.3, -0.25) is 0 Å². The highest BCUT2D eigenvalue weighted by Crippen LogP contribution is 2.30. The summed E-state index contributed by atoms with van der Waals surface area (Å²) >= 11 is 6.44. The van der Waals surface area contributed by atoms with Crippen LogP contribution in [0.15, 0.2) is 18.2 Å². The average Bonchev–Trinajstić information content (AvgIpc) is 2.48. The minimum atomic E-state index is 0.330. The maximum absolute atomic E-state index is 6.44. The van der Waals surface area contributed by atoms with Crippen LogP contribution in [0.5, 0.6) is 0 Å². The number of hydrogen-bond donors (Lipinski definition) is 1. The largest absolute Gasteiger partial charge is 0.376 e. The van der Waals surface area contributed by atoms with E-state index in [0.717, 1.165) is 49.8 Å². The van der Waals surface area contributed by atoms with Gasteiger partial charge in [0.15, 0.2) is 0 Å². The molecule has 1 heterocycles. The molecule has 0 aromatic heterocycles. The SMILES string of the molecule is CCCNCc1cccc(Cl)c1N(C)CC1CCCCO1. The Labute approximate surface area is 133 Å². The van der Waals surface area contributed by atoms with Gasteiger partial charge >= 0.3 is 0 Å². The van der Waals surface area contributed by atoms with E-state index in [2.05, 4.69) is 30.3 Å². The van der Waals surface area contributed by atoms with Crippen LogP contribution in [0.2, 0.25) is 5.02 Å². The number of nitrogens with zero attached hydrogens (tertiary/aromatic N) is 1. The normalized spacial score (nSPS) is 18.7. The van der Waals surface area contributed by atoms with Crippen LogP contribution in [0.3, 0.4) is 0 Å². The van der Waals surface area contributed by atoms with Gasteiger partial charge in [-0.1, -0.05) is 30.7 Å². The fraction of sp³-hybridized carbons (Fsp3) is 0.647. The molecule has 1 aliphatic heterocycles. The van der Waals surface area contributed by atoms with E-state index in [1.807, 2.05) is 12.1 Å². The molecular weight excluding hydrogens is 284 g/mol. The fourth-order valence-electron chi connectivity index (χ4n) is 2.88. The van der Waals surface area contributed by atoms with Crippen molar-refractivity contribution in [3.63, 3.8) is 0 Å². The van der Waals surface area contributed by atoms with Crippen LogP contribution in [-0.2, 0) is 11.3 Å². The standard InChI is InChI=1S/C17H27ClN2O/c1-3-10-19-12-14-7-6-9-16(18)17(14)20(2)13-15-8-4-5-11-21-15/h6-7,9,15,19H,3-5,8,10-13H2,1-2H3. The molecule has 3 nitrogen and oxygen atoms in total. The van der Waals surface area contributed by atoms with Gasteiger partial charge in [-0.15, -0.1) is 0 Å². The van der Waals surface area contributed by atoms with Crippen LogP contribution in [0, 0.1) is 0 Å². The van der Waals surface area contributed by atoms with E-state index in [9.17, 15) is 0 Å². The average molecular weight is 311 g/mol. The first-order chi connectivity index (χ1) is 10.2. The molecule has 1 aromatic carbocycles. The van der Waals surface area contributed by atoms with E-state index < -0.39 is 0 Å². The fourth-order valence-corrected chi connectivity index (χ4v) is 3.22. The molecule has 1 aromatic rings. The van der Waals surface area contributed by atoms with E-state index in [4.69, 9.17) is 16.3 Å². The summed E-state index contributed by atoms with van der Waals surface area (Å²) in [6.45, 7) is 5.87. The van der Waals surface area contributed by atoms with Crippen LogP contribution in [0.1, 0.15) is 38.2 Å². The summed E-state index contributed by atoms with van der Waals surface area (Å²) in [4.78, 5) is 2.25. The number of ether oxygens (including phenoxy) is 1. The van der Waals surface area contributed by atoms with Crippen molar-refractivity contribution in [1.82, 2.24) is 5.32 Å². The van der Waals surface area contributed by atoms with Gasteiger partial charge in [0.1, 0.15) is 0 Å². The number of hydrogen-bond acceptors (Lipinski definition) is 3. The number of para-hydroxylation sites is 1. The van der Waals surface area contributed by atoms with Gasteiger partial charge in [-0.2, -0.15) is 0 Å². The van der Waals surface area contributed by atoms with Gasteiger partial charge in [0.05, 0.1) is 16.8 Å². The highest BCUT2D eigenvalue weighted by molar-refractivity contribution is 6.33. The molecule has 0 saturated carbocycles. The molecule has 1 fully saturated rings. The lowest BCUT2D eigenvalue weighted by Gasteiger charge is -2.30. The quantitative estimate of drug-likeness (QED) is 0.774. The van der Waals surface area contributed by atoms with Crippen molar-refractivity contribution in [2.24, 2.45) is 0 Å². The Hall–Kier alpha value is -0.770. The highest BCUT2D eigenvalue weighted by Gasteiger charge is 2.19. The minimum absolute atomic E-state index is 0.330. The molecule has 0 aliphatic carbocycles. The summed E-state index contributed by atoms with van der Waals surface area (Å²) in [5, 5.41) is 4.28. The van der Waals surface area contributed by atoms with Crippen LogP contribution in [0.25, 0.3) is 0 Å². The second-order valence-electron chi connectivity index (χ2n) is 5.79. The van der Waals surface area contributed by atoms with Crippen LogP contribution < -0.4 is 10.2 Å². The molecule has 0 bridgehead atoms. The van der Waals surface area contributed by atoms with Crippen molar-refractivity contribution >= 4 is 17.3 Å². The summed E-state index contributed by atoms with van der Waals surface area (Å²) in [5.74, 6) is 0. The molecule has 118 valence electrons. The lowest BCUT2D eigenvalue weighted by molar-refractivity contribution is 0.0216. The van der Waals surface area contributed by atoms with Gasteiger partial charge in [0.2, 0.25) is 0 Å². The van der Waals surface area contributed by atoms with Crippen molar-refractivity contribution in [3.8, 4) is 0 Å². The third-order valence-electron chi connectivity index (χ3n) is 3.95. The molecule has 4 heteroatoms. The second kappa shape index (κ2) is 8.62. The van der Waals surface area contributed by atoms with Crippen molar-refractivity contribution < 1.29 is 4.74 Å². The van der Waals surface area contributed by atoms with E-state index in [1.54, 1.807) is 0 Å². The monoisotopic (exact) mass is 310 g/mol. The lowest BCUT2D eigenvalue weighted by atomic mass is 10.1. The molecule has 1 N–H and O–H groups in total. The molecule has 0 radical (unpaired) electrons. The summed E-state index contributed by atoms with van der Waals surface area (Å²) in [6.07, 6.45) is 5.08. The zero-order chi connectivity index (χ0) is 15.1. The molecule has 21 heavy (non-hydrogen) atoms. The Balaban J connectivity index is 2.04. The Morgan fingerprint density at radius 1 is 1.38 bits per heavy atom. The number of anilines is 1. The van der Waals surface area contributed by atoms with Crippen LogP contribution in [0.4, 0.5) is 5.69 Å². The first-order valence-corrected chi connectivity index (χ1v) is 8.41. The zero-order valence-electron chi connectivity index (χ0n) is 13.2. The van der Waals surface area contributed by atoms with Gasteiger partial charge < -0.3 is 15.0 Å². The molecule has 1 unspecified atom stereocenters. The molecular formula is C17H27ClN2O. The number of likely N-dealkylation sites (N-methyl/N-ethyl adjacent to an activating group) is 1. The third kappa shape index (κ3) is 4.87. The van der Waals surface area contributed by atoms with E-state index in [-0.39, 0.29) is 0 Å². The molecule has 1 atom stereocenters. The Kier molecular flexibility index (Phi) is 6.81. The molecule has 1 saturated heterocycles. The van der Waals surface area contributed by atoms with Gasteiger partial charge in [0.25, 0.3) is 0 Å². The number of rotatable bonds is 7. The third-order valence-corrected chi connectivity index (χ3v) is 4.25. The zero-order valence-corrected chi connectivity index (χ0v) is 14.0. The van der Waals surface area contributed by atoms with Gasteiger partial charge in [-0.25, -0.2) is 0 Å². The molecule has 2 rings (SSSR count). The smallest absolute Gasteiger partial charge is 0.0749 e. The minimum Gasteiger partial charge on any atom is -0.376 e. The predicted octanol–water partition coefficient (Wildman–Crippen LogP) is 3.84. The highest BCUT2D eigenvalue weighted by atomic mass is 35.5. The van der Waals surface area contributed by atoms with Crippen molar-refractivity contribution in [2.45, 2.75) is 45.3 Å². The second-order valence-corrected chi connectivity index (χ2v) is 6.20. The summed E-state index contributed by atoms with van der Waals surface area (Å²) < 4.78 is 5.85. The summed E-state index contributed by atoms with van der Waals surface area (Å²) in [6, 6.07) is 6.15. The Bertz CT molecular complexity index is 433. The predicted molar refractivity (Wildman–Crippen MR) is 90.3 cm³/mol. The van der Waals surface area contributed by atoms with Crippen molar-refractivity contribution in [3.05, 3.63) is 28.8 Å². The van der Waals surface area contributed by atoms with Gasteiger partial charge in [0, 0.05) is 26.7 Å². The van der Waals surface area contributed by atoms with Crippen LogP contribution in [-0.4, -0.2) is 32.8 Å². The summed E-state index contributed by atoms with van der Waals surface area (Å²) in [5.41, 5.74) is 2.39.